The molecule has 0 aromatic carbocycles. The van der Waals surface area contributed by atoms with Crippen molar-refractivity contribution in [2.75, 3.05) is 12.5 Å². The highest BCUT2D eigenvalue weighted by molar-refractivity contribution is 7.16. The van der Waals surface area contributed by atoms with Gasteiger partial charge in [-0.15, -0.1) is 11.3 Å². The number of nitrogen functional groups attached to an aromatic ring is 1. The molecule has 0 aliphatic heterocycles. The number of thiophene rings is 1. The molecule has 0 unspecified atom stereocenters. The van der Waals surface area contributed by atoms with Gasteiger partial charge in [-0.3, -0.25) is 15.6 Å². The number of hydrazine groups is 1. The molecule has 3 N–H and O–H groups in total. The summed E-state index contributed by atoms with van der Waals surface area (Å²) in [6, 6.07) is 5.36. The van der Waals surface area contributed by atoms with Crippen molar-refractivity contribution in [1.82, 2.24) is 9.88 Å². The first-order chi connectivity index (χ1) is 9.11. The predicted molar refractivity (Wildman–Crippen MR) is 77.2 cm³/mol. The summed E-state index contributed by atoms with van der Waals surface area (Å²) >= 11 is 7.33. The lowest BCUT2D eigenvalue weighted by Gasteiger charge is -2.17. The van der Waals surface area contributed by atoms with Crippen molar-refractivity contribution in [3.63, 3.8) is 0 Å². The average Bonchev–Trinajstić information content (AvgIpc) is 2.83. The summed E-state index contributed by atoms with van der Waals surface area (Å²) in [5.74, 6) is 5.24. The van der Waals surface area contributed by atoms with E-state index in [0.29, 0.717) is 22.1 Å². The van der Waals surface area contributed by atoms with Gasteiger partial charge in [-0.05, 0) is 18.2 Å². The molecule has 0 saturated carbocycles. The molecule has 2 heterocycles. The molecule has 7 heteroatoms. The third kappa shape index (κ3) is 3.23. The average molecular weight is 297 g/mol. The largest absolute Gasteiger partial charge is 0.336 e. The van der Waals surface area contributed by atoms with Crippen molar-refractivity contribution in [2.24, 2.45) is 5.84 Å². The van der Waals surface area contributed by atoms with Crippen molar-refractivity contribution in [1.29, 1.82) is 0 Å². The summed E-state index contributed by atoms with van der Waals surface area (Å²) in [5.41, 5.74) is 3.46. The van der Waals surface area contributed by atoms with E-state index in [4.69, 9.17) is 17.4 Å². The van der Waals surface area contributed by atoms with E-state index >= 15 is 0 Å². The first-order valence-electron chi connectivity index (χ1n) is 5.52. The molecule has 0 aliphatic rings. The quantitative estimate of drug-likeness (QED) is 0.671. The van der Waals surface area contributed by atoms with Crippen LogP contribution in [0.15, 0.2) is 30.6 Å². The number of nitrogens with one attached hydrogen (secondary N) is 1. The number of carbonyl (C=O) groups excluding carboxylic acids is 1. The molecule has 0 aliphatic carbocycles. The van der Waals surface area contributed by atoms with Crippen LogP contribution >= 0.6 is 22.9 Å². The number of hydrogen-bond donors (Lipinski definition) is 2. The molecule has 100 valence electrons. The van der Waals surface area contributed by atoms with Crippen molar-refractivity contribution in [2.45, 2.75) is 6.54 Å². The van der Waals surface area contributed by atoms with E-state index in [-0.39, 0.29) is 5.91 Å². The summed E-state index contributed by atoms with van der Waals surface area (Å²) < 4.78 is 0.712. The van der Waals surface area contributed by atoms with Crippen LogP contribution in [-0.2, 0) is 6.54 Å². The molecule has 19 heavy (non-hydrogen) atoms. The van der Waals surface area contributed by atoms with E-state index in [0.717, 1.165) is 4.88 Å². The Hall–Kier alpha value is -1.63. The van der Waals surface area contributed by atoms with Gasteiger partial charge in [-0.25, -0.2) is 0 Å². The van der Waals surface area contributed by atoms with Crippen molar-refractivity contribution in [3.05, 3.63) is 45.4 Å². The lowest BCUT2D eigenvalue weighted by Crippen LogP contribution is -2.27. The van der Waals surface area contributed by atoms with Gasteiger partial charge >= 0.3 is 0 Å². The zero-order valence-electron chi connectivity index (χ0n) is 10.3. The van der Waals surface area contributed by atoms with Gasteiger partial charge in [0.25, 0.3) is 5.91 Å². The van der Waals surface area contributed by atoms with Crippen LogP contribution in [-0.4, -0.2) is 22.8 Å². The summed E-state index contributed by atoms with van der Waals surface area (Å²) in [6.07, 6.45) is 3.08. The van der Waals surface area contributed by atoms with Crippen LogP contribution in [0, 0.1) is 0 Å². The molecule has 1 amide bonds. The van der Waals surface area contributed by atoms with E-state index in [9.17, 15) is 4.79 Å². The number of hydrogen-bond acceptors (Lipinski definition) is 5. The maximum atomic E-state index is 12.3. The highest BCUT2D eigenvalue weighted by Crippen LogP contribution is 2.23. The topological polar surface area (TPSA) is 71.2 Å². The van der Waals surface area contributed by atoms with Crippen molar-refractivity contribution in [3.8, 4) is 0 Å². The minimum absolute atomic E-state index is 0.125. The SMILES string of the molecule is CN(Cc1ccc(Cl)s1)C(=O)c1ccncc1NN. The number of halogens is 1. The maximum Gasteiger partial charge on any atom is 0.256 e. The normalized spacial score (nSPS) is 10.3. The summed E-state index contributed by atoms with van der Waals surface area (Å²) in [7, 11) is 1.73. The second-order valence-electron chi connectivity index (χ2n) is 3.93. The Kier molecular flexibility index (Phi) is 4.36. The van der Waals surface area contributed by atoms with Gasteiger partial charge in [0.15, 0.2) is 0 Å². The van der Waals surface area contributed by atoms with E-state index in [1.165, 1.54) is 17.5 Å². The molecule has 0 fully saturated rings. The van der Waals surface area contributed by atoms with Gasteiger partial charge in [-0.1, -0.05) is 11.6 Å². The van der Waals surface area contributed by atoms with Crippen molar-refractivity contribution < 1.29 is 4.79 Å². The molecule has 0 spiro atoms. The first-order valence-corrected chi connectivity index (χ1v) is 6.71. The second kappa shape index (κ2) is 6.01. The summed E-state index contributed by atoms with van der Waals surface area (Å²) in [4.78, 5) is 18.9. The molecule has 0 radical (unpaired) electrons. The Morgan fingerprint density at radius 2 is 2.32 bits per heavy atom. The van der Waals surface area contributed by atoms with E-state index in [1.807, 2.05) is 12.1 Å². The van der Waals surface area contributed by atoms with Crippen LogP contribution in [0.25, 0.3) is 0 Å². The minimum atomic E-state index is -0.125. The Morgan fingerprint density at radius 3 is 2.95 bits per heavy atom. The number of anilines is 1. The second-order valence-corrected chi connectivity index (χ2v) is 5.73. The third-order valence-corrected chi connectivity index (χ3v) is 3.79. The molecular formula is C12H13ClN4OS. The van der Waals surface area contributed by atoms with E-state index in [2.05, 4.69) is 10.4 Å². The molecule has 2 aromatic rings. The van der Waals surface area contributed by atoms with Crippen LogP contribution in [0.5, 0.6) is 0 Å². The van der Waals surface area contributed by atoms with Crippen LogP contribution in [0.2, 0.25) is 4.34 Å². The predicted octanol–water partition coefficient (Wildman–Crippen LogP) is 2.35. The lowest BCUT2D eigenvalue weighted by atomic mass is 10.2. The Labute approximate surface area is 120 Å². The number of amides is 1. The van der Waals surface area contributed by atoms with Crippen LogP contribution in [0.1, 0.15) is 15.2 Å². The standard InChI is InChI=1S/C12H13ClN4OS/c1-17(7-8-2-3-11(13)19-8)12(18)9-4-5-15-6-10(9)16-14/h2-6,16H,7,14H2,1H3. The number of rotatable bonds is 4. The van der Waals surface area contributed by atoms with Crippen LogP contribution < -0.4 is 11.3 Å². The Balaban J connectivity index is 2.14. The van der Waals surface area contributed by atoms with Gasteiger partial charge in [0.1, 0.15) is 0 Å². The fourth-order valence-electron chi connectivity index (χ4n) is 1.64. The van der Waals surface area contributed by atoms with Crippen LogP contribution in [0.3, 0.4) is 0 Å². The number of nitrogens with two attached hydrogens (primary N) is 1. The zero-order chi connectivity index (χ0) is 13.8. The molecule has 2 aromatic heterocycles. The Bertz CT molecular complexity index is 587. The molecule has 0 bridgehead atoms. The zero-order valence-corrected chi connectivity index (χ0v) is 11.8. The summed E-state index contributed by atoms with van der Waals surface area (Å²) in [5, 5.41) is 0. The fourth-order valence-corrected chi connectivity index (χ4v) is 2.78. The Morgan fingerprint density at radius 1 is 1.53 bits per heavy atom. The monoisotopic (exact) mass is 296 g/mol. The lowest BCUT2D eigenvalue weighted by molar-refractivity contribution is 0.0787. The van der Waals surface area contributed by atoms with Crippen LogP contribution in [0.4, 0.5) is 5.69 Å². The maximum absolute atomic E-state index is 12.3. The summed E-state index contributed by atoms with van der Waals surface area (Å²) in [6.45, 7) is 0.503. The first kappa shape index (κ1) is 13.8. The molecule has 5 nitrogen and oxygen atoms in total. The van der Waals surface area contributed by atoms with E-state index in [1.54, 1.807) is 24.2 Å². The number of aromatic nitrogens is 1. The number of carbonyl (C=O) groups is 1. The van der Waals surface area contributed by atoms with Gasteiger partial charge in [-0.2, -0.15) is 0 Å². The third-order valence-electron chi connectivity index (χ3n) is 2.58. The highest BCUT2D eigenvalue weighted by atomic mass is 35.5. The number of nitrogens with zero attached hydrogens (tertiary/aromatic N) is 2. The van der Waals surface area contributed by atoms with Gasteiger partial charge in [0.2, 0.25) is 0 Å². The van der Waals surface area contributed by atoms with Gasteiger partial charge in [0.05, 0.1) is 28.3 Å². The van der Waals surface area contributed by atoms with Crippen molar-refractivity contribution >= 4 is 34.5 Å². The van der Waals surface area contributed by atoms with Gasteiger partial charge < -0.3 is 10.3 Å². The van der Waals surface area contributed by atoms with E-state index < -0.39 is 0 Å². The minimum Gasteiger partial charge on any atom is -0.336 e. The van der Waals surface area contributed by atoms with Gasteiger partial charge in [0, 0.05) is 18.1 Å². The molecule has 0 saturated heterocycles. The molecule has 2 rings (SSSR count). The highest BCUT2D eigenvalue weighted by Gasteiger charge is 2.16. The molecular weight excluding hydrogens is 284 g/mol. The fraction of sp³-hybridized carbons (Fsp3) is 0.167. The smallest absolute Gasteiger partial charge is 0.256 e. The molecule has 0 atom stereocenters. The number of pyridine rings is 1.